The van der Waals surface area contributed by atoms with E-state index in [0.717, 1.165) is 17.1 Å². The van der Waals surface area contributed by atoms with Gasteiger partial charge < -0.3 is 20.5 Å². The van der Waals surface area contributed by atoms with Crippen LogP contribution in [0.1, 0.15) is 11.4 Å². The first-order valence-corrected chi connectivity index (χ1v) is 11.1. The Hall–Kier alpha value is -4.48. The third-order valence-corrected chi connectivity index (χ3v) is 6.22. The molecule has 11 nitrogen and oxygen atoms in total. The minimum atomic E-state index is -0.649. The van der Waals surface area contributed by atoms with E-state index in [0.29, 0.717) is 53.9 Å². The van der Waals surface area contributed by atoms with Crippen LogP contribution in [-0.2, 0) is 17.7 Å². The molecule has 0 radical (unpaired) electrons. The number of pyridine rings is 2. The zero-order valence-corrected chi connectivity index (χ0v) is 18.7. The van der Waals surface area contributed by atoms with Gasteiger partial charge in [0.2, 0.25) is 5.88 Å². The van der Waals surface area contributed by atoms with E-state index in [2.05, 4.69) is 30.7 Å². The van der Waals surface area contributed by atoms with Crippen molar-refractivity contribution < 1.29 is 18.7 Å². The molecule has 178 valence electrons. The second-order valence-corrected chi connectivity index (χ2v) is 8.41. The smallest absolute Gasteiger partial charge is 0.413 e. The molecule has 0 saturated carbocycles. The zero-order valence-electron chi connectivity index (χ0n) is 18.7. The molecule has 0 fully saturated rings. The summed E-state index contributed by atoms with van der Waals surface area (Å²) in [4.78, 5) is 25.1. The molecule has 0 unspecified atom stereocenters. The van der Waals surface area contributed by atoms with E-state index >= 15 is 4.39 Å². The molecule has 2 aliphatic rings. The quantitative estimate of drug-likeness (QED) is 0.380. The number of benzene rings is 1. The molecule has 35 heavy (non-hydrogen) atoms. The molecule has 0 saturated heterocycles. The first kappa shape index (κ1) is 21.1. The lowest BCUT2D eigenvalue weighted by Gasteiger charge is -2.22. The van der Waals surface area contributed by atoms with Crippen LogP contribution in [-0.4, -0.2) is 50.1 Å². The number of nitrogen functional groups attached to an aromatic ring is 1. The Labute approximate surface area is 198 Å². The molecule has 0 aliphatic carbocycles. The normalized spacial score (nSPS) is 16.2. The molecule has 12 heteroatoms. The third kappa shape index (κ3) is 3.63. The maximum atomic E-state index is 15.3. The number of hydrogen-bond acceptors (Lipinski definition) is 9. The molecule has 1 amide bonds. The number of fused-ring (bicyclic) bond motifs is 3. The molecular formula is C23H21FN8O3. The van der Waals surface area contributed by atoms with Gasteiger partial charge in [0.25, 0.3) is 0 Å². The number of nitrogens with one attached hydrogen (secondary N) is 2. The van der Waals surface area contributed by atoms with Gasteiger partial charge in [-0.25, -0.2) is 28.8 Å². The van der Waals surface area contributed by atoms with Crippen molar-refractivity contribution in [2.24, 2.45) is 0 Å². The number of amides is 1. The van der Waals surface area contributed by atoms with Crippen LogP contribution in [0.2, 0.25) is 0 Å². The van der Waals surface area contributed by atoms with Crippen molar-refractivity contribution in [3.63, 3.8) is 0 Å². The average Bonchev–Trinajstić information content (AvgIpc) is 3.44. The number of halogens is 1. The highest BCUT2D eigenvalue weighted by Gasteiger charge is 2.26. The van der Waals surface area contributed by atoms with Gasteiger partial charge >= 0.3 is 6.09 Å². The van der Waals surface area contributed by atoms with Crippen molar-refractivity contribution in [2.75, 3.05) is 29.5 Å². The first-order valence-electron chi connectivity index (χ1n) is 11.1. The molecule has 2 aliphatic heterocycles. The number of ether oxygens (including phenoxy) is 2. The van der Waals surface area contributed by atoms with Crippen LogP contribution in [0.25, 0.3) is 21.9 Å². The monoisotopic (exact) mass is 476 g/mol. The Morgan fingerprint density at radius 2 is 2.17 bits per heavy atom. The molecule has 4 N–H and O–H groups in total. The number of carbonyl (C=O) groups excluding carboxylic acids is 1. The van der Waals surface area contributed by atoms with Gasteiger partial charge in [0, 0.05) is 41.9 Å². The van der Waals surface area contributed by atoms with E-state index < -0.39 is 11.9 Å². The van der Waals surface area contributed by atoms with Gasteiger partial charge in [-0.15, -0.1) is 0 Å². The number of anilines is 3. The predicted octanol–water partition coefficient (Wildman–Crippen LogP) is 2.90. The summed E-state index contributed by atoms with van der Waals surface area (Å²) in [5.74, 6) is 0.949. The summed E-state index contributed by atoms with van der Waals surface area (Å²) >= 11 is 0. The molecular weight excluding hydrogens is 455 g/mol. The van der Waals surface area contributed by atoms with Gasteiger partial charge in [0.1, 0.15) is 36.4 Å². The summed E-state index contributed by atoms with van der Waals surface area (Å²) in [6, 6.07) is 3.29. The molecule has 1 atom stereocenters. The summed E-state index contributed by atoms with van der Waals surface area (Å²) < 4.78 is 28.1. The third-order valence-electron chi connectivity index (χ3n) is 6.22. The van der Waals surface area contributed by atoms with Crippen molar-refractivity contribution >= 4 is 34.1 Å². The van der Waals surface area contributed by atoms with Crippen molar-refractivity contribution in [3.05, 3.63) is 48.1 Å². The minimum absolute atomic E-state index is 0.0340. The molecule has 1 aromatic carbocycles. The highest BCUT2D eigenvalue weighted by Crippen LogP contribution is 2.39. The Morgan fingerprint density at radius 3 is 3.03 bits per heavy atom. The number of nitrogens with zero attached hydrogens (tertiary/aromatic N) is 5. The van der Waals surface area contributed by atoms with Crippen LogP contribution in [0.15, 0.2) is 30.9 Å². The molecule has 0 bridgehead atoms. The lowest BCUT2D eigenvalue weighted by Crippen LogP contribution is -2.24. The standard InChI is InChI=1S/C23H21FN8O3/c1-11-15(7-28-22-21(11)26-2-3-34-22)14-4-12-5-17(27-8-16(12)20(25)19(14)24)31-23(33)35-13-6-18-29-10-30-32(18)9-13/h4-5,7-8,10,13,26H,2-3,6,9,25H2,1H3,(H,27,31,33)/t13-/m0/s1. The fourth-order valence-electron chi connectivity index (χ4n) is 4.48. The fourth-order valence-corrected chi connectivity index (χ4v) is 4.48. The maximum Gasteiger partial charge on any atom is 0.413 e. The lowest BCUT2D eigenvalue weighted by atomic mass is 9.97. The number of nitrogens with two attached hydrogens (primary N) is 1. The number of aromatic nitrogens is 5. The Balaban J connectivity index is 1.29. The molecule has 6 rings (SSSR count). The van der Waals surface area contributed by atoms with E-state index in [9.17, 15) is 4.79 Å². The van der Waals surface area contributed by atoms with Crippen molar-refractivity contribution in [2.45, 2.75) is 26.0 Å². The number of rotatable bonds is 3. The second-order valence-electron chi connectivity index (χ2n) is 8.41. The van der Waals surface area contributed by atoms with Crippen molar-refractivity contribution in [1.82, 2.24) is 24.7 Å². The summed E-state index contributed by atoms with van der Waals surface area (Å²) in [5.41, 5.74) is 8.52. The van der Waals surface area contributed by atoms with Crippen LogP contribution in [0.3, 0.4) is 0 Å². The second kappa shape index (κ2) is 8.08. The van der Waals surface area contributed by atoms with Gasteiger partial charge in [0.15, 0.2) is 5.82 Å². The molecule has 4 aromatic rings. The Bertz CT molecular complexity index is 1470. The predicted molar refractivity (Wildman–Crippen MR) is 126 cm³/mol. The first-order chi connectivity index (χ1) is 17.0. The van der Waals surface area contributed by atoms with Crippen LogP contribution in [0, 0.1) is 12.7 Å². The lowest BCUT2D eigenvalue weighted by molar-refractivity contribution is 0.109. The van der Waals surface area contributed by atoms with Crippen LogP contribution >= 0.6 is 0 Å². The number of carbonyl (C=O) groups is 1. The van der Waals surface area contributed by atoms with Crippen LogP contribution in [0.4, 0.5) is 26.4 Å². The van der Waals surface area contributed by atoms with E-state index in [-0.39, 0.29) is 17.6 Å². The topological polar surface area (TPSA) is 142 Å². The summed E-state index contributed by atoms with van der Waals surface area (Å²) in [6.07, 6.45) is 3.95. The van der Waals surface area contributed by atoms with E-state index in [1.165, 1.54) is 12.5 Å². The van der Waals surface area contributed by atoms with Gasteiger partial charge in [-0.1, -0.05) is 0 Å². The molecule has 5 heterocycles. The molecule has 0 spiro atoms. The van der Waals surface area contributed by atoms with E-state index in [1.54, 1.807) is 23.0 Å². The Morgan fingerprint density at radius 1 is 1.29 bits per heavy atom. The zero-order chi connectivity index (χ0) is 24.1. The van der Waals surface area contributed by atoms with Gasteiger partial charge in [-0.05, 0) is 30.0 Å². The highest BCUT2D eigenvalue weighted by atomic mass is 19.1. The summed E-state index contributed by atoms with van der Waals surface area (Å²) in [7, 11) is 0. The van der Waals surface area contributed by atoms with Gasteiger partial charge in [-0.2, -0.15) is 5.10 Å². The minimum Gasteiger partial charge on any atom is -0.474 e. The van der Waals surface area contributed by atoms with Crippen LogP contribution < -0.4 is 21.1 Å². The summed E-state index contributed by atoms with van der Waals surface area (Å²) in [5, 5.41) is 11.0. The van der Waals surface area contributed by atoms with Crippen molar-refractivity contribution in [1.29, 1.82) is 0 Å². The number of hydrogen-bond donors (Lipinski definition) is 3. The van der Waals surface area contributed by atoms with Crippen molar-refractivity contribution in [3.8, 4) is 17.0 Å². The van der Waals surface area contributed by atoms with Gasteiger partial charge in [0.05, 0.1) is 12.2 Å². The van der Waals surface area contributed by atoms with Gasteiger partial charge in [-0.3, -0.25) is 5.32 Å². The SMILES string of the molecule is Cc1c(-c2cc3cc(NC(=O)O[C@H]4Cc5ncnn5C4)ncc3c(N)c2F)cnc2c1NCCO2. The molecule has 3 aromatic heterocycles. The van der Waals surface area contributed by atoms with E-state index in [4.69, 9.17) is 15.2 Å². The fraction of sp³-hybridized carbons (Fsp3) is 0.261. The Kier molecular flexibility index (Phi) is 4.87. The van der Waals surface area contributed by atoms with E-state index in [1.807, 2.05) is 6.92 Å². The highest BCUT2D eigenvalue weighted by molar-refractivity contribution is 5.99. The maximum absolute atomic E-state index is 15.3. The largest absolute Gasteiger partial charge is 0.474 e. The summed E-state index contributed by atoms with van der Waals surface area (Å²) in [6.45, 7) is 3.47. The average molecular weight is 476 g/mol. The van der Waals surface area contributed by atoms with Crippen LogP contribution in [0.5, 0.6) is 5.88 Å².